The van der Waals surface area contributed by atoms with Gasteiger partial charge in [-0.15, -0.1) is 0 Å². The molecule has 1 aromatic carbocycles. The van der Waals surface area contributed by atoms with E-state index in [0.717, 1.165) is 24.9 Å². The third kappa shape index (κ3) is 3.11. The molecular formula is C14H19BrFNO. The molecule has 4 heteroatoms. The van der Waals surface area contributed by atoms with Gasteiger partial charge in [0.15, 0.2) is 0 Å². The summed E-state index contributed by atoms with van der Waals surface area (Å²) in [6.07, 6.45) is 4.57. The third-order valence-corrected chi connectivity index (χ3v) is 4.73. The Morgan fingerprint density at radius 1 is 1.33 bits per heavy atom. The first kappa shape index (κ1) is 14.0. The normalized spacial score (nSPS) is 18.2. The van der Waals surface area contributed by atoms with Crippen LogP contribution in [0.25, 0.3) is 0 Å². The average Bonchev–Trinajstić information content (AvgIpc) is 2.84. The van der Waals surface area contributed by atoms with Crippen LogP contribution in [0.4, 0.5) is 4.39 Å². The smallest absolute Gasteiger partial charge is 0.137 e. The van der Waals surface area contributed by atoms with Crippen LogP contribution >= 0.6 is 15.9 Å². The summed E-state index contributed by atoms with van der Waals surface area (Å²) in [5.74, 6) is -0.230. The predicted molar refractivity (Wildman–Crippen MR) is 73.8 cm³/mol. The van der Waals surface area contributed by atoms with E-state index in [9.17, 15) is 9.50 Å². The van der Waals surface area contributed by atoms with Crippen molar-refractivity contribution in [3.05, 3.63) is 34.1 Å². The van der Waals surface area contributed by atoms with E-state index >= 15 is 0 Å². The molecule has 0 aliphatic heterocycles. The lowest BCUT2D eigenvalue weighted by Gasteiger charge is -2.26. The lowest BCUT2D eigenvalue weighted by atomic mass is 9.87. The monoisotopic (exact) mass is 315 g/mol. The fourth-order valence-electron chi connectivity index (χ4n) is 2.66. The Morgan fingerprint density at radius 3 is 2.72 bits per heavy atom. The van der Waals surface area contributed by atoms with Gasteiger partial charge in [0.2, 0.25) is 0 Å². The Morgan fingerprint density at radius 2 is 2.06 bits per heavy atom. The lowest BCUT2D eigenvalue weighted by Crippen LogP contribution is -2.34. The van der Waals surface area contributed by atoms with Crippen molar-refractivity contribution in [3.8, 4) is 0 Å². The summed E-state index contributed by atoms with van der Waals surface area (Å²) in [4.78, 5) is 0. The van der Waals surface area contributed by atoms with Crippen LogP contribution in [0.1, 0.15) is 31.2 Å². The molecule has 0 atom stereocenters. The highest BCUT2D eigenvalue weighted by Crippen LogP contribution is 2.37. The molecule has 18 heavy (non-hydrogen) atoms. The highest BCUT2D eigenvalue weighted by molar-refractivity contribution is 9.10. The number of rotatable bonds is 5. The maximum absolute atomic E-state index is 13.3. The first-order chi connectivity index (χ1) is 8.67. The largest absolute Gasteiger partial charge is 0.396 e. The number of nitrogens with one attached hydrogen (secondary N) is 1. The molecule has 0 radical (unpaired) electrons. The zero-order valence-electron chi connectivity index (χ0n) is 10.4. The summed E-state index contributed by atoms with van der Waals surface area (Å²) < 4.78 is 13.9. The van der Waals surface area contributed by atoms with Gasteiger partial charge >= 0.3 is 0 Å². The van der Waals surface area contributed by atoms with E-state index in [1.165, 1.54) is 18.9 Å². The second-order valence-electron chi connectivity index (χ2n) is 5.18. The molecule has 0 heterocycles. The van der Waals surface area contributed by atoms with E-state index in [-0.39, 0.29) is 17.8 Å². The number of hydrogen-bond donors (Lipinski definition) is 2. The van der Waals surface area contributed by atoms with Crippen molar-refractivity contribution in [2.75, 3.05) is 13.2 Å². The van der Waals surface area contributed by atoms with Gasteiger partial charge < -0.3 is 10.4 Å². The quantitative estimate of drug-likeness (QED) is 0.874. The van der Waals surface area contributed by atoms with E-state index in [1.54, 1.807) is 6.07 Å². The van der Waals surface area contributed by atoms with Gasteiger partial charge in [-0.2, -0.15) is 0 Å². The van der Waals surface area contributed by atoms with Gasteiger partial charge in [0.1, 0.15) is 5.82 Å². The van der Waals surface area contributed by atoms with Gasteiger partial charge in [-0.25, -0.2) is 4.39 Å². The Kier molecular flexibility index (Phi) is 4.76. The highest BCUT2D eigenvalue weighted by Gasteiger charge is 2.32. The van der Waals surface area contributed by atoms with E-state index < -0.39 is 0 Å². The van der Waals surface area contributed by atoms with Crippen LogP contribution in [-0.4, -0.2) is 18.3 Å². The van der Waals surface area contributed by atoms with Gasteiger partial charge in [-0.3, -0.25) is 0 Å². The summed E-state index contributed by atoms with van der Waals surface area (Å²) in [5, 5.41) is 12.8. The number of benzene rings is 1. The predicted octanol–water partition coefficient (Wildman–Crippen LogP) is 3.23. The van der Waals surface area contributed by atoms with E-state index in [1.807, 2.05) is 6.07 Å². The van der Waals surface area contributed by atoms with Crippen LogP contribution in [0.15, 0.2) is 22.7 Å². The number of hydrogen-bond acceptors (Lipinski definition) is 2. The van der Waals surface area contributed by atoms with E-state index in [4.69, 9.17) is 0 Å². The maximum Gasteiger partial charge on any atom is 0.137 e. The second kappa shape index (κ2) is 6.13. The fraction of sp³-hybridized carbons (Fsp3) is 0.571. The number of aliphatic hydroxyl groups excluding tert-OH is 1. The van der Waals surface area contributed by atoms with Crippen molar-refractivity contribution < 1.29 is 9.50 Å². The minimum Gasteiger partial charge on any atom is -0.396 e. The first-order valence-corrected chi connectivity index (χ1v) is 7.21. The highest BCUT2D eigenvalue weighted by atomic mass is 79.9. The maximum atomic E-state index is 13.3. The Bertz CT molecular complexity index is 405. The van der Waals surface area contributed by atoms with Crippen LogP contribution in [0, 0.1) is 11.2 Å². The molecule has 2 nitrogen and oxygen atoms in total. The van der Waals surface area contributed by atoms with Crippen LogP contribution in [0.5, 0.6) is 0 Å². The molecule has 100 valence electrons. The number of aliphatic hydroxyl groups is 1. The molecule has 1 saturated carbocycles. The molecule has 0 amide bonds. The van der Waals surface area contributed by atoms with Gasteiger partial charge in [0.25, 0.3) is 0 Å². The fourth-order valence-corrected chi connectivity index (χ4v) is 3.07. The van der Waals surface area contributed by atoms with Crippen LogP contribution < -0.4 is 5.32 Å². The van der Waals surface area contributed by atoms with Crippen molar-refractivity contribution in [3.63, 3.8) is 0 Å². The summed E-state index contributed by atoms with van der Waals surface area (Å²) in [5.41, 5.74) is 0.959. The number of halogens is 2. The Balaban J connectivity index is 1.90. The summed E-state index contributed by atoms with van der Waals surface area (Å²) in [7, 11) is 0. The van der Waals surface area contributed by atoms with Crippen LogP contribution in [0.2, 0.25) is 0 Å². The van der Waals surface area contributed by atoms with Crippen molar-refractivity contribution in [2.45, 2.75) is 32.2 Å². The van der Waals surface area contributed by atoms with Crippen molar-refractivity contribution in [1.82, 2.24) is 5.32 Å². The first-order valence-electron chi connectivity index (χ1n) is 6.41. The van der Waals surface area contributed by atoms with E-state index in [2.05, 4.69) is 21.2 Å². The van der Waals surface area contributed by atoms with Gasteiger partial charge in [-0.1, -0.05) is 25.0 Å². The van der Waals surface area contributed by atoms with Gasteiger partial charge in [-0.05, 0) is 40.4 Å². The minimum absolute atomic E-state index is 0.0415. The molecule has 0 saturated heterocycles. The Labute approximate surface area is 116 Å². The van der Waals surface area contributed by atoms with Crippen molar-refractivity contribution in [2.24, 2.45) is 5.41 Å². The summed E-state index contributed by atoms with van der Waals surface area (Å²) in [6, 6.07) is 5.06. The SMILES string of the molecule is OCC1(CNCc2cccc(F)c2Br)CCCC1. The standard InChI is InChI=1S/C14H19BrFNO/c15-13-11(4-3-5-12(13)16)8-17-9-14(10-18)6-1-2-7-14/h3-5,17-18H,1-2,6-10H2. The Hall–Kier alpha value is -0.450. The zero-order chi connectivity index (χ0) is 13.0. The van der Waals surface area contributed by atoms with E-state index in [0.29, 0.717) is 11.0 Å². The van der Waals surface area contributed by atoms with Crippen molar-refractivity contribution in [1.29, 1.82) is 0 Å². The van der Waals surface area contributed by atoms with Gasteiger partial charge in [0, 0.05) is 25.1 Å². The summed E-state index contributed by atoms with van der Waals surface area (Å²) in [6.45, 7) is 1.66. The summed E-state index contributed by atoms with van der Waals surface area (Å²) >= 11 is 3.26. The average molecular weight is 316 g/mol. The van der Waals surface area contributed by atoms with Gasteiger partial charge in [0.05, 0.1) is 4.47 Å². The molecule has 1 aliphatic rings. The lowest BCUT2D eigenvalue weighted by molar-refractivity contribution is 0.128. The minimum atomic E-state index is -0.230. The molecule has 2 rings (SSSR count). The molecule has 0 unspecified atom stereocenters. The zero-order valence-corrected chi connectivity index (χ0v) is 12.0. The molecule has 0 aromatic heterocycles. The van der Waals surface area contributed by atoms with Crippen molar-refractivity contribution >= 4 is 15.9 Å². The van der Waals surface area contributed by atoms with Crippen LogP contribution in [-0.2, 0) is 6.54 Å². The third-order valence-electron chi connectivity index (χ3n) is 3.85. The molecular weight excluding hydrogens is 297 g/mol. The molecule has 0 bridgehead atoms. The van der Waals surface area contributed by atoms with Crippen LogP contribution in [0.3, 0.4) is 0 Å². The molecule has 1 fully saturated rings. The molecule has 1 aromatic rings. The topological polar surface area (TPSA) is 32.3 Å². The second-order valence-corrected chi connectivity index (χ2v) is 5.97. The molecule has 2 N–H and O–H groups in total. The molecule has 0 spiro atoms. The molecule has 1 aliphatic carbocycles.